The van der Waals surface area contributed by atoms with Gasteiger partial charge < -0.3 is 15.3 Å². The molecule has 2 amide bonds. The summed E-state index contributed by atoms with van der Waals surface area (Å²) in [7, 11) is 0. The Kier molecular flexibility index (Phi) is 5.57. The van der Waals surface area contributed by atoms with Crippen LogP contribution in [-0.4, -0.2) is 35.2 Å². The Morgan fingerprint density at radius 2 is 2.00 bits per heavy atom. The molecule has 1 aromatic rings. The molecular formula is C17H24F2N2O2. The number of aliphatic hydroxyl groups is 1. The molecule has 1 fully saturated rings. The number of hydrogen-bond acceptors (Lipinski definition) is 2. The molecule has 1 aliphatic rings. The number of nitrogens with one attached hydrogen (secondary N) is 1. The van der Waals surface area contributed by atoms with Crippen molar-refractivity contribution in [3.63, 3.8) is 0 Å². The van der Waals surface area contributed by atoms with Crippen LogP contribution in [0.4, 0.5) is 13.6 Å². The molecule has 0 unspecified atom stereocenters. The van der Waals surface area contributed by atoms with E-state index in [1.807, 2.05) is 13.8 Å². The normalized spacial score (nSPS) is 20.7. The van der Waals surface area contributed by atoms with Gasteiger partial charge >= 0.3 is 6.03 Å². The number of nitrogens with zero attached hydrogens (tertiary/aromatic N) is 1. The second-order valence-corrected chi connectivity index (χ2v) is 6.58. The smallest absolute Gasteiger partial charge is 0.317 e. The molecule has 1 saturated heterocycles. The van der Waals surface area contributed by atoms with Gasteiger partial charge in [0, 0.05) is 19.0 Å². The van der Waals surface area contributed by atoms with E-state index in [9.17, 15) is 18.7 Å². The van der Waals surface area contributed by atoms with Crippen LogP contribution in [0.5, 0.6) is 0 Å². The summed E-state index contributed by atoms with van der Waals surface area (Å²) in [6.45, 7) is 6.64. The highest BCUT2D eigenvalue weighted by Crippen LogP contribution is 2.25. The first-order valence-electron chi connectivity index (χ1n) is 7.98. The van der Waals surface area contributed by atoms with Crippen LogP contribution in [0.15, 0.2) is 18.2 Å². The summed E-state index contributed by atoms with van der Waals surface area (Å²) in [5, 5.41) is 12.5. The zero-order valence-corrected chi connectivity index (χ0v) is 13.7. The topological polar surface area (TPSA) is 52.6 Å². The second kappa shape index (κ2) is 7.25. The van der Waals surface area contributed by atoms with Crippen LogP contribution >= 0.6 is 0 Å². The van der Waals surface area contributed by atoms with Crippen LogP contribution in [0.3, 0.4) is 0 Å². The largest absolute Gasteiger partial charge is 0.393 e. The van der Waals surface area contributed by atoms with E-state index in [4.69, 9.17) is 0 Å². The molecule has 6 heteroatoms. The maximum Gasteiger partial charge on any atom is 0.317 e. The lowest BCUT2D eigenvalue weighted by Gasteiger charge is -2.26. The average Bonchev–Trinajstić information content (AvgIpc) is 2.97. The van der Waals surface area contributed by atoms with Gasteiger partial charge in [-0.05, 0) is 37.0 Å². The Morgan fingerprint density at radius 3 is 2.52 bits per heavy atom. The second-order valence-electron chi connectivity index (χ2n) is 6.58. The third kappa shape index (κ3) is 4.19. The number of rotatable bonds is 4. The number of carbonyl (C=O) groups excluding carboxylic acids is 1. The Balaban J connectivity index is 2.08. The molecule has 23 heavy (non-hydrogen) atoms. The van der Waals surface area contributed by atoms with Gasteiger partial charge in [0.1, 0.15) is 0 Å². The molecule has 0 aliphatic carbocycles. The number of amides is 2. The van der Waals surface area contributed by atoms with E-state index in [0.717, 1.165) is 18.6 Å². The van der Waals surface area contributed by atoms with Gasteiger partial charge in [0.05, 0.1) is 12.1 Å². The van der Waals surface area contributed by atoms with Gasteiger partial charge in [0.2, 0.25) is 0 Å². The summed E-state index contributed by atoms with van der Waals surface area (Å²) in [6.07, 6.45) is 0.322. The van der Waals surface area contributed by atoms with Gasteiger partial charge in [-0.25, -0.2) is 13.6 Å². The lowest BCUT2D eigenvalue weighted by molar-refractivity contribution is 0.128. The summed E-state index contributed by atoms with van der Waals surface area (Å²) in [6, 6.07) is 3.06. The fourth-order valence-corrected chi connectivity index (χ4v) is 2.93. The van der Waals surface area contributed by atoms with Crippen molar-refractivity contribution in [3.8, 4) is 0 Å². The number of halogens is 2. The van der Waals surface area contributed by atoms with Crippen molar-refractivity contribution in [3.05, 3.63) is 35.4 Å². The van der Waals surface area contributed by atoms with Crippen LogP contribution in [-0.2, 0) is 0 Å². The first-order valence-corrected chi connectivity index (χ1v) is 7.98. The van der Waals surface area contributed by atoms with Crippen LogP contribution in [0.25, 0.3) is 0 Å². The number of benzene rings is 1. The summed E-state index contributed by atoms with van der Waals surface area (Å²) < 4.78 is 26.6. The average molecular weight is 326 g/mol. The fourth-order valence-electron chi connectivity index (χ4n) is 2.93. The fraction of sp³-hybridized carbons (Fsp3) is 0.588. The van der Waals surface area contributed by atoms with Gasteiger partial charge in [0.25, 0.3) is 0 Å². The highest BCUT2D eigenvalue weighted by atomic mass is 19.2. The quantitative estimate of drug-likeness (QED) is 0.893. The standard InChI is InChI=1S/C17H24F2N2O2/c1-10(2)16(12-4-5-14(18)15(19)8-12)20-17(23)21-7-6-13(9-21)11(3)22/h4-5,8,10-11,13,16,22H,6-7,9H2,1-3H3,(H,20,23)/t11-,13-,16-/m0/s1. The van der Waals surface area contributed by atoms with Crippen molar-refractivity contribution in [1.82, 2.24) is 10.2 Å². The third-order valence-corrected chi connectivity index (χ3v) is 4.44. The van der Waals surface area contributed by atoms with Crippen LogP contribution in [0, 0.1) is 23.5 Å². The van der Waals surface area contributed by atoms with E-state index in [-0.39, 0.29) is 17.9 Å². The zero-order valence-electron chi connectivity index (χ0n) is 13.7. The molecule has 2 N–H and O–H groups in total. The van der Waals surface area contributed by atoms with Crippen LogP contribution in [0.1, 0.15) is 38.8 Å². The highest BCUT2D eigenvalue weighted by molar-refractivity contribution is 5.75. The Hall–Kier alpha value is -1.69. The lowest BCUT2D eigenvalue weighted by Crippen LogP contribution is -2.42. The molecular weight excluding hydrogens is 302 g/mol. The van der Waals surface area contributed by atoms with Crippen LogP contribution in [0.2, 0.25) is 0 Å². The van der Waals surface area contributed by atoms with Gasteiger partial charge in [-0.15, -0.1) is 0 Å². The van der Waals surface area contributed by atoms with Crippen molar-refractivity contribution in [2.75, 3.05) is 13.1 Å². The van der Waals surface area contributed by atoms with E-state index >= 15 is 0 Å². The molecule has 2 rings (SSSR count). The predicted octanol–water partition coefficient (Wildman–Crippen LogP) is 3.07. The van der Waals surface area contributed by atoms with Crippen molar-refractivity contribution in [2.45, 2.75) is 39.3 Å². The van der Waals surface area contributed by atoms with Crippen molar-refractivity contribution < 1.29 is 18.7 Å². The Morgan fingerprint density at radius 1 is 1.30 bits per heavy atom. The summed E-state index contributed by atoms with van der Waals surface area (Å²) >= 11 is 0. The number of hydrogen-bond donors (Lipinski definition) is 2. The Labute approximate surface area is 135 Å². The summed E-state index contributed by atoms with van der Waals surface area (Å²) in [5.41, 5.74) is 0.540. The molecule has 0 bridgehead atoms. The maximum atomic E-state index is 13.5. The van der Waals surface area contributed by atoms with Crippen molar-refractivity contribution >= 4 is 6.03 Å². The van der Waals surface area contributed by atoms with Gasteiger partial charge in [0.15, 0.2) is 11.6 Å². The van der Waals surface area contributed by atoms with Gasteiger partial charge in [-0.1, -0.05) is 19.9 Å². The molecule has 1 heterocycles. The van der Waals surface area contributed by atoms with E-state index < -0.39 is 23.8 Å². The number of likely N-dealkylation sites (tertiary alicyclic amines) is 1. The van der Waals surface area contributed by atoms with Crippen molar-refractivity contribution in [1.29, 1.82) is 0 Å². The lowest BCUT2D eigenvalue weighted by atomic mass is 9.96. The number of carbonyl (C=O) groups is 1. The minimum atomic E-state index is -0.919. The number of urea groups is 1. The SMILES string of the molecule is CC(C)[C@H](NC(=O)N1CC[C@H]([C@H](C)O)C1)c1ccc(F)c(F)c1. The van der Waals surface area contributed by atoms with Gasteiger partial charge in [-0.2, -0.15) is 0 Å². The molecule has 0 radical (unpaired) electrons. The monoisotopic (exact) mass is 326 g/mol. The molecule has 1 aromatic carbocycles. The summed E-state index contributed by atoms with van der Waals surface area (Å²) in [4.78, 5) is 14.1. The van der Waals surface area contributed by atoms with E-state index in [2.05, 4.69) is 5.32 Å². The van der Waals surface area contributed by atoms with Crippen molar-refractivity contribution in [2.24, 2.45) is 11.8 Å². The molecule has 3 atom stereocenters. The zero-order chi connectivity index (χ0) is 17.1. The first-order chi connectivity index (χ1) is 10.8. The molecule has 0 aromatic heterocycles. The maximum absolute atomic E-state index is 13.5. The van der Waals surface area contributed by atoms with E-state index in [1.165, 1.54) is 6.07 Å². The molecule has 128 valence electrons. The minimum Gasteiger partial charge on any atom is -0.393 e. The Bertz CT molecular complexity index is 564. The molecule has 0 saturated carbocycles. The molecule has 0 spiro atoms. The van der Waals surface area contributed by atoms with Gasteiger partial charge in [-0.3, -0.25) is 0 Å². The predicted molar refractivity (Wildman–Crippen MR) is 83.8 cm³/mol. The van der Waals surface area contributed by atoms with Crippen LogP contribution < -0.4 is 5.32 Å². The number of aliphatic hydroxyl groups excluding tert-OH is 1. The summed E-state index contributed by atoms with van der Waals surface area (Å²) in [5.74, 6) is -1.71. The third-order valence-electron chi connectivity index (χ3n) is 4.44. The molecule has 4 nitrogen and oxygen atoms in total. The van der Waals surface area contributed by atoms with E-state index in [1.54, 1.807) is 11.8 Å². The van der Waals surface area contributed by atoms with E-state index in [0.29, 0.717) is 18.7 Å². The highest BCUT2D eigenvalue weighted by Gasteiger charge is 2.30. The minimum absolute atomic E-state index is 0.0268. The molecule has 1 aliphatic heterocycles. The first kappa shape index (κ1) is 17.7.